The molecule has 0 radical (unpaired) electrons. The van der Waals surface area contributed by atoms with Crippen LogP contribution in [0, 0.1) is 6.92 Å². The Morgan fingerprint density at radius 1 is 1.38 bits per heavy atom. The molecule has 1 aliphatic rings. The molecule has 116 valence electrons. The van der Waals surface area contributed by atoms with Crippen molar-refractivity contribution in [2.45, 2.75) is 39.7 Å². The second-order valence-electron chi connectivity index (χ2n) is 5.20. The Labute approximate surface area is 126 Å². The fourth-order valence-corrected chi connectivity index (χ4v) is 2.53. The normalized spacial score (nSPS) is 15.9. The number of rotatable bonds is 4. The van der Waals surface area contributed by atoms with Crippen LogP contribution in [0.5, 0.6) is 5.88 Å². The molecule has 0 aromatic carbocycles. The Hall–Kier alpha value is -1.85. The second-order valence-corrected chi connectivity index (χ2v) is 5.20. The zero-order valence-electron chi connectivity index (χ0n) is 13.1. The van der Waals surface area contributed by atoms with Crippen molar-refractivity contribution >= 4 is 6.03 Å². The van der Waals surface area contributed by atoms with E-state index in [9.17, 15) is 4.79 Å². The van der Waals surface area contributed by atoms with Crippen LogP contribution in [0.3, 0.4) is 0 Å². The van der Waals surface area contributed by atoms with E-state index < -0.39 is 0 Å². The van der Waals surface area contributed by atoms with Crippen LogP contribution in [0.25, 0.3) is 0 Å². The first kappa shape index (κ1) is 15.5. The van der Waals surface area contributed by atoms with Crippen LogP contribution in [0.2, 0.25) is 0 Å². The van der Waals surface area contributed by atoms with Gasteiger partial charge in [-0.25, -0.2) is 9.78 Å². The Morgan fingerprint density at radius 2 is 2.05 bits per heavy atom. The maximum Gasteiger partial charge on any atom is 0.319 e. The molecule has 0 atom stereocenters. The first-order valence-corrected chi connectivity index (χ1v) is 7.64. The first-order chi connectivity index (χ1) is 10.1. The number of hydrogen-bond donors (Lipinski definition) is 0. The summed E-state index contributed by atoms with van der Waals surface area (Å²) in [4.78, 5) is 24.3. The highest BCUT2D eigenvalue weighted by atomic mass is 16.5. The fourth-order valence-electron chi connectivity index (χ4n) is 2.53. The molecule has 6 heteroatoms. The number of carbonyl (C=O) groups is 1. The van der Waals surface area contributed by atoms with Crippen LogP contribution < -0.4 is 4.74 Å². The third-order valence-corrected chi connectivity index (χ3v) is 3.78. The van der Waals surface area contributed by atoms with Gasteiger partial charge in [-0.05, 0) is 20.8 Å². The van der Waals surface area contributed by atoms with Gasteiger partial charge in [-0.2, -0.15) is 4.98 Å². The number of amides is 2. The van der Waals surface area contributed by atoms with Crippen LogP contribution in [-0.2, 0) is 0 Å². The predicted octanol–water partition coefficient (Wildman–Crippen LogP) is 2.09. The molecule has 0 spiro atoms. The largest absolute Gasteiger partial charge is 0.474 e. The summed E-state index contributed by atoms with van der Waals surface area (Å²) >= 11 is 0. The van der Waals surface area contributed by atoms with E-state index >= 15 is 0 Å². The lowest BCUT2D eigenvalue weighted by Crippen LogP contribution is -2.48. The third-order valence-electron chi connectivity index (χ3n) is 3.78. The van der Waals surface area contributed by atoms with Crippen molar-refractivity contribution in [2.24, 2.45) is 0 Å². The van der Waals surface area contributed by atoms with Gasteiger partial charge in [-0.3, -0.25) is 0 Å². The highest BCUT2D eigenvalue weighted by molar-refractivity contribution is 5.74. The summed E-state index contributed by atoms with van der Waals surface area (Å²) in [6.07, 6.45) is 3.52. The lowest BCUT2D eigenvalue weighted by Gasteiger charge is -2.35. The minimum absolute atomic E-state index is 0.125. The van der Waals surface area contributed by atoms with E-state index in [1.165, 1.54) is 0 Å². The number of urea groups is 1. The molecule has 6 nitrogen and oxygen atoms in total. The van der Waals surface area contributed by atoms with Crippen molar-refractivity contribution in [3.63, 3.8) is 0 Å². The van der Waals surface area contributed by atoms with Crippen LogP contribution >= 0.6 is 0 Å². The van der Waals surface area contributed by atoms with Crippen molar-refractivity contribution in [1.29, 1.82) is 0 Å². The van der Waals surface area contributed by atoms with Gasteiger partial charge in [-0.15, -0.1) is 0 Å². The zero-order valence-corrected chi connectivity index (χ0v) is 13.1. The SMILES string of the molecule is CCN(CC)C(=O)N1CCC(Oc2ccnc(C)n2)CC1. The molecule has 1 fully saturated rings. The molecule has 0 aliphatic carbocycles. The molecule has 2 heterocycles. The molecule has 0 bridgehead atoms. The monoisotopic (exact) mass is 292 g/mol. The van der Waals surface area contributed by atoms with E-state index in [1.54, 1.807) is 12.3 Å². The summed E-state index contributed by atoms with van der Waals surface area (Å²) in [5.74, 6) is 1.33. The van der Waals surface area contributed by atoms with Gasteiger partial charge >= 0.3 is 6.03 Å². The van der Waals surface area contributed by atoms with Crippen LogP contribution in [-0.4, -0.2) is 58.1 Å². The third kappa shape index (κ3) is 4.06. The Bertz CT molecular complexity index is 468. The molecule has 0 saturated carbocycles. The number of likely N-dealkylation sites (tertiary alicyclic amines) is 1. The topological polar surface area (TPSA) is 58.6 Å². The molecule has 1 saturated heterocycles. The number of piperidine rings is 1. The maximum atomic E-state index is 12.3. The van der Waals surface area contributed by atoms with Gasteiger partial charge in [0.2, 0.25) is 5.88 Å². The van der Waals surface area contributed by atoms with Gasteiger partial charge in [-0.1, -0.05) is 0 Å². The van der Waals surface area contributed by atoms with E-state index in [4.69, 9.17) is 4.74 Å². The van der Waals surface area contributed by atoms with Crippen LogP contribution in [0.15, 0.2) is 12.3 Å². The smallest absolute Gasteiger partial charge is 0.319 e. The molecule has 21 heavy (non-hydrogen) atoms. The molecule has 0 unspecified atom stereocenters. The molecule has 1 aromatic heterocycles. The molecule has 0 N–H and O–H groups in total. The Morgan fingerprint density at radius 3 is 2.62 bits per heavy atom. The average Bonchev–Trinajstić information content (AvgIpc) is 2.49. The van der Waals surface area contributed by atoms with E-state index in [0.717, 1.165) is 39.0 Å². The first-order valence-electron chi connectivity index (χ1n) is 7.64. The molecule has 2 amide bonds. The van der Waals surface area contributed by atoms with Crippen LogP contribution in [0.4, 0.5) is 4.79 Å². The van der Waals surface area contributed by atoms with Crippen molar-refractivity contribution in [1.82, 2.24) is 19.8 Å². The average molecular weight is 292 g/mol. The van der Waals surface area contributed by atoms with E-state index in [1.807, 2.05) is 30.6 Å². The Balaban J connectivity index is 1.84. The lowest BCUT2D eigenvalue weighted by atomic mass is 10.1. The van der Waals surface area contributed by atoms with E-state index in [-0.39, 0.29) is 12.1 Å². The fraction of sp³-hybridized carbons (Fsp3) is 0.667. The van der Waals surface area contributed by atoms with Crippen molar-refractivity contribution in [3.8, 4) is 5.88 Å². The zero-order chi connectivity index (χ0) is 15.2. The van der Waals surface area contributed by atoms with Crippen molar-refractivity contribution in [2.75, 3.05) is 26.2 Å². The summed E-state index contributed by atoms with van der Waals surface area (Å²) in [5, 5.41) is 0. The highest BCUT2D eigenvalue weighted by Crippen LogP contribution is 2.18. The summed E-state index contributed by atoms with van der Waals surface area (Å²) in [6, 6.07) is 1.91. The molecule has 1 aromatic rings. The number of hydrogen-bond acceptors (Lipinski definition) is 4. The minimum atomic E-state index is 0.125. The van der Waals surface area contributed by atoms with Crippen molar-refractivity contribution in [3.05, 3.63) is 18.1 Å². The van der Waals surface area contributed by atoms with Gasteiger partial charge in [0, 0.05) is 51.3 Å². The number of aromatic nitrogens is 2. The summed E-state index contributed by atoms with van der Waals surface area (Å²) in [7, 11) is 0. The van der Waals surface area contributed by atoms with E-state index in [2.05, 4.69) is 9.97 Å². The highest BCUT2D eigenvalue weighted by Gasteiger charge is 2.26. The predicted molar refractivity (Wildman–Crippen MR) is 80.3 cm³/mol. The molecular formula is C15H24N4O2. The quantitative estimate of drug-likeness (QED) is 0.852. The summed E-state index contributed by atoms with van der Waals surface area (Å²) in [6.45, 7) is 8.85. The number of carbonyl (C=O) groups excluding carboxylic acids is 1. The molecule has 1 aliphatic heterocycles. The van der Waals surface area contributed by atoms with Gasteiger partial charge in [0.1, 0.15) is 11.9 Å². The Kier molecular flexibility index (Phi) is 5.36. The summed E-state index contributed by atoms with van der Waals surface area (Å²) < 4.78 is 5.87. The standard InChI is InChI=1S/C15H24N4O2/c1-4-18(5-2)15(20)19-10-7-13(8-11-19)21-14-6-9-16-12(3)17-14/h6,9,13H,4-5,7-8,10-11H2,1-3H3. The number of nitrogens with zero attached hydrogens (tertiary/aromatic N) is 4. The van der Waals surface area contributed by atoms with Gasteiger partial charge in [0.15, 0.2) is 0 Å². The van der Waals surface area contributed by atoms with Gasteiger partial charge < -0.3 is 14.5 Å². The van der Waals surface area contributed by atoms with Gasteiger partial charge in [0.25, 0.3) is 0 Å². The second kappa shape index (κ2) is 7.24. The number of aryl methyl sites for hydroxylation is 1. The lowest BCUT2D eigenvalue weighted by molar-refractivity contribution is 0.0934. The minimum Gasteiger partial charge on any atom is -0.474 e. The van der Waals surface area contributed by atoms with E-state index in [0.29, 0.717) is 11.7 Å². The van der Waals surface area contributed by atoms with Crippen LogP contribution in [0.1, 0.15) is 32.5 Å². The molecular weight excluding hydrogens is 268 g/mol. The number of ether oxygens (including phenoxy) is 1. The molecule has 2 rings (SSSR count). The maximum absolute atomic E-state index is 12.3. The van der Waals surface area contributed by atoms with Crippen molar-refractivity contribution < 1.29 is 9.53 Å². The van der Waals surface area contributed by atoms with Gasteiger partial charge in [0.05, 0.1) is 0 Å². The summed E-state index contributed by atoms with van der Waals surface area (Å²) in [5.41, 5.74) is 0.